The molecule has 3 aromatic rings. The van der Waals surface area contributed by atoms with Crippen LogP contribution >= 0.6 is 23.7 Å². The van der Waals surface area contributed by atoms with Gasteiger partial charge in [0, 0.05) is 24.8 Å². The lowest BCUT2D eigenvalue weighted by molar-refractivity contribution is -0.274. The van der Waals surface area contributed by atoms with Crippen molar-refractivity contribution in [2.24, 2.45) is 0 Å². The van der Waals surface area contributed by atoms with Crippen LogP contribution in [0.25, 0.3) is 10.2 Å². The van der Waals surface area contributed by atoms with Gasteiger partial charge in [-0.3, -0.25) is 4.90 Å². The summed E-state index contributed by atoms with van der Waals surface area (Å²) in [5.74, 6) is -0.325. The zero-order chi connectivity index (χ0) is 21.0. The highest BCUT2D eigenvalue weighted by molar-refractivity contribution is 7.22. The maximum Gasteiger partial charge on any atom is 0.573 e. The fourth-order valence-corrected chi connectivity index (χ4v) is 3.52. The molecule has 0 aliphatic heterocycles. The first-order valence-electron chi connectivity index (χ1n) is 8.66. The number of fused-ring (bicyclic) bond motifs is 1. The fraction of sp³-hybridized carbons (Fsp3) is 0.263. The molecule has 1 aromatic heterocycles. The maximum atomic E-state index is 12.8. The normalized spacial score (nSPS) is 11.3. The molecule has 0 spiro atoms. The van der Waals surface area contributed by atoms with E-state index in [0.29, 0.717) is 34.1 Å². The van der Waals surface area contributed by atoms with Gasteiger partial charge in [-0.2, -0.15) is 0 Å². The summed E-state index contributed by atoms with van der Waals surface area (Å²) in [6, 6.07) is 12.5. The number of carbonyl (C=O) groups excluding carboxylic acids is 1. The molecule has 3 rings (SSSR count). The second-order valence-corrected chi connectivity index (χ2v) is 7.43. The van der Waals surface area contributed by atoms with Crippen molar-refractivity contribution in [2.45, 2.75) is 6.36 Å². The van der Waals surface area contributed by atoms with Crippen molar-refractivity contribution in [3.63, 3.8) is 0 Å². The average Bonchev–Trinajstić information content (AvgIpc) is 3.04. The summed E-state index contributed by atoms with van der Waals surface area (Å²) in [7, 11) is 3.76. The van der Waals surface area contributed by atoms with Gasteiger partial charge >= 0.3 is 12.4 Å². The Kier molecular flexibility index (Phi) is 7.88. The van der Waals surface area contributed by atoms with Crippen LogP contribution in [0.2, 0.25) is 0 Å². The van der Waals surface area contributed by atoms with Crippen molar-refractivity contribution in [1.29, 1.82) is 0 Å². The van der Waals surface area contributed by atoms with Gasteiger partial charge in [-0.25, -0.2) is 9.78 Å². The maximum absolute atomic E-state index is 12.8. The summed E-state index contributed by atoms with van der Waals surface area (Å²) < 4.78 is 41.8. The Morgan fingerprint density at radius 2 is 1.83 bits per heavy atom. The number of nitrogens with zero attached hydrogens (tertiary/aromatic N) is 3. The number of carbonyl (C=O) groups is 1. The van der Waals surface area contributed by atoms with Crippen molar-refractivity contribution in [3.8, 4) is 5.75 Å². The minimum absolute atomic E-state index is 0. The number of benzene rings is 2. The van der Waals surface area contributed by atoms with E-state index in [-0.39, 0.29) is 24.2 Å². The molecule has 6 nitrogen and oxygen atoms in total. The largest absolute Gasteiger partial charge is 0.573 e. The van der Waals surface area contributed by atoms with Crippen LogP contribution in [0.3, 0.4) is 0 Å². The third-order valence-corrected chi connectivity index (χ3v) is 4.90. The van der Waals surface area contributed by atoms with E-state index in [2.05, 4.69) is 15.0 Å². The van der Waals surface area contributed by atoms with Gasteiger partial charge < -0.3 is 15.0 Å². The highest BCUT2D eigenvalue weighted by Gasteiger charge is 2.31. The van der Waals surface area contributed by atoms with Gasteiger partial charge in [0.2, 0.25) is 0 Å². The first kappa shape index (κ1) is 23.7. The Balaban J connectivity index is 0.00000320. The SMILES string of the molecule is CN(C)CCN(C(=O)Nc1ccccc1)c1nc2ccc(OC(F)(F)F)cc2s1.Cl. The van der Waals surface area contributed by atoms with Gasteiger partial charge in [0.15, 0.2) is 5.13 Å². The monoisotopic (exact) mass is 460 g/mol. The van der Waals surface area contributed by atoms with Crippen molar-refractivity contribution >= 4 is 50.8 Å². The second kappa shape index (κ2) is 9.96. The molecule has 1 heterocycles. The lowest BCUT2D eigenvalue weighted by Crippen LogP contribution is -2.39. The van der Waals surface area contributed by atoms with Crippen LogP contribution in [0.5, 0.6) is 5.75 Å². The quantitative estimate of drug-likeness (QED) is 0.548. The highest BCUT2D eigenvalue weighted by atomic mass is 35.5. The first-order chi connectivity index (χ1) is 13.7. The number of aromatic nitrogens is 1. The number of thiazole rings is 1. The van der Waals surface area contributed by atoms with Gasteiger partial charge in [-0.1, -0.05) is 29.5 Å². The Labute approximate surface area is 181 Å². The van der Waals surface area contributed by atoms with Gasteiger partial charge in [0.1, 0.15) is 5.75 Å². The number of alkyl halides is 3. The Hall–Kier alpha value is -2.56. The molecule has 2 amide bonds. The molecule has 0 saturated carbocycles. The number of hydrogen-bond acceptors (Lipinski definition) is 5. The molecule has 0 aliphatic carbocycles. The van der Waals surface area contributed by atoms with E-state index in [1.165, 1.54) is 23.1 Å². The topological polar surface area (TPSA) is 57.7 Å². The average molecular weight is 461 g/mol. The molecule has 0 saturated heterocycles. The van der Waals surface area contributed by atoms with Gasteiger partial charge in [0.25, 0.3) is 0 Å². The van der Waals surface area contributed by atoms with E-state index < -0.39 is 6.36 Å². The zero-order valence-corrected chi connectivity index (χ0v) is 17.8. The van der Waals surface area contributed by atoms with Gasteiger partial charge in [0.05, 0.1) is 10.2 Å². The number of ether oxygens (including phenoxy) is 1. The zero-order valence-electron chi connectivity index (χ0n) is 16.1. The Bertz CT molecular complexity index is 983. The summed E-state index contributed by atoms with van der Waals surface area (Å²) >= 11 is 1.12. The smallest absolute Gasteiger partial charge is 0.406 e. The standard InChI is InChI=1S/C19H19F3N4O2S.ClH/c1-25(2)10-11-26(17(27)23-13-6-4-3-5-7-13)18-24-15-9-8-14(12-16(15)29-18)28-19(20,21)22;/h3-9,12H,10-11H2,1-2H3,(H,23,27);1H. The van der Waals surface area contributed by atoms with Crippen LogP contribution < -0.4 is 15.0 Å². The number of halogens is 4. The number of para-hydroxylation sites is 1. The molecule has 0 bridgehead atoms. The van der Waals surface area contributed by atoms with E-state index in [9.17, 15) is 18.0 Å². The van der Waals surface area contributed by atoms with E-state index in [1.807, 2.05) is 25.1 Å². The second-order valence-electron chi connectivity index (χ2n) is 6.42. The summed E-state index contributed by atoms with van der Waals surface area (Å²) in [6.45, 7) is 0.942. The minimum atomic E-state index is -4.77. The predicted molar refractivity (Wildman–Crippen MR) is 115 cm³/mol. The molecular weight excluding hydrogens is 441 g/mol. The van der Waals surface area contributed by atoms with Crippen molar-refractivity contribution in [1.82, 2.24) is 9.88 Å². The highest BCUT2D eigenvalue weighted by Crippen LogP contribution is 2.33. The molecule has 0 radical (unpaired) electrons. The molecule has 11 heteroatoms. The molecule has 30 heavy (non-hydrogen) atoms. The number of urea groups is 1. The van der Waals surface area contributed by atoms with Crippen molar-refractivity contribution in [2.75, 3.05) is 37.4 Å². The molecule has 0 atom stereocenters. The van der Waals surface area contributed by atoms with Crippen LogP contribution in [0, 0.1) is 0 Å². The first-order valence-corrected chi connectivity index (χ1v) is 9.47. The van der Waals surface area contributed by atoms with Gasteiger partial charge in [-0.15, -0.1) is 25.6 Å². The Morgan fingerprint density at radius 1 is 1.13 bits per heavy atom. The lowest BCUT2D eigenvalue weighted by atomic mass is 10.3. The third kappa shape index (κ3) is 6.48. The third-order valence-electron chi connectivity index (χ3n) is 3.85. The number of nitrogens with one attached hydrogen (secondary N) is 1. The van der Waals surface area contributed by atoms with Gasteiger partial charge in [-0.05, 0) is 38.4 Å². The Morgan fingerprint density at radius 3 is 2.47 bits per heavy atom. The fourth-order valence-electron chi connectivity index (χ4n) is 2.50. The van der Waals surface area contributed by atoms with Crippen molar-refractivity contribution in [3.05, 3.63) is 48.5 Å². The molecule has 162 valence electrons. The predicted octanol–water partition coefficient (Wildman–Crippen LogP) is 5.22. The summed E-state index contributed by atoms with van der Waals surface area (Å²) in [4.78, 5) is 20.7. The number of amides is 2. The molecule has 0 fully saturated rings. The minimum Gasteiger partial charge on any atom is -0.406 e. The van der Waals surface area contributed by atoms with E-state index in [4.69, 9.17) is 0 Å². The lowest BCUT2D eigenvalue weighted by Gasteiger charge is -2.22. The van der Waals surface area contributed by atoms with E-state index >= 15 is 0 Å². The number of rotatable bonds is 6. The molecule has 0 aliphatic rings. The molecular formula is C19H20ClF3N4O2S. The molecule has 1 N–H and O–H groups in total. The number of hydrogen-bond donors (Lipinski definition) is 1. The van der Waals surface area contributed by atoms with Crippen LogP contribution in [-0.2, 0) is 0 Å². The summed E-state index contributed by atoms with van der Waals surface area (Å²) in [5.41, 5.74) is 1.12. The molecule has 0 unspecified atom stereocenters. The summed E-state index contributed by atoms with van der Waals surface area (Å²) in [5, 5.41) is 3.20. The van der Waals surface area contributed by atoms with Crippen LogP contribution in [-0.4, -0.2) is 49.5 Å². The van der Waals surface area contributed by atoms with E-state index in [0.717, 1.165) is 11.3 Å². The van der Waals surface area contributed by atoms with Crippen LogP contribution in [0.15, 0.2) is 48.5 Å². The summed E-state index contributed by atoms with van der Waals surface area (Å²) in [6.07, 6.45) is -4.77. The van der Waals surface area contributed by atoms with Crippen LogP contribution in [0.4, 0.5) is 28.8 Å². The number of anilines is 2. The number of likely N-dealkylation sites (N-methyl/N-ethyl adjacent to an activating group) is 1. The molecule has 2 aromatic carbocycles. The van der Waals surface area contributed by atoms with Crippen LogP contribution in [0.1, 0.15) is 0 Å². The van der Waals surface area contributed by atoms with Crippen molar-refractivity contribution < 1.29 is 22.7 Å². The van der Waals surface area contributed by atoms with E-state index in [1.54, 1.807) is 24.3 Å².